The number of amides is 1. The van der Waals surface area contributed by atoms with E-state index in [9.17, 15) is 4.79 Å². The maximum atomic E-state index is 12.3. The Morgan fingerprint density at radius 3 is 2.55 bits per heavy atom. The number of hydrogen-bond donors (Lipinski definition) is 2. The third kappa shape index (κ3) is 4.57. The van der Waals surface area contributed by atoms with Gasteiger partial charge >= 0.3 is 0 Å². The van der Waals surface area contributed by atoms with Crippen LogP contribution in [-0.4, -0.2) is 38.9 Å². The maximum absolute atomic E-state index is 12.3. The highest BCUT2D eigenvalue weighted by Gasteiger charge is 2.36. The third-order valence-electron chi connectivity index (χ3n) is 3.79. The number of halogens is 2. The molecular weight excluding hydrogens is 327 g/mol. The molecule has 1 aromatic rings. The van der Waals surface area contributed by atoms with Crippen LogP contribution in [-0.2, 0) is 19.8 Å². The van der Waals surface area contributed by atoms with Gasteiger partial charge < -0.3 is 20.5 Å². The van der Waals surface area contributed by atoms with Gasteiger partial charge in [-0.05, 0) is 30.5 Å². The van der Waals surface area contributed by atoms with Crippen molar-refractivity contribution in [3.8, 4) is 0 Å². The summed E-state index contributed by atoms with van der Waals surface area (Å²) in [6.07, 6.45) is 1.42. The van der Waals surface area contributed by atoms with Gasteiger partial charge in [-0.3, -0.25) is 4.79 Å². The summed E-state index contributed by atoms with van der Waals surface area (Å²) >= 11 is 5.94. The minimum atomic E-state index is -0.679. The van der Waals surface area contributed by atoms with Gasteiger partial charge in [0.15, 0.2) is 0 Å². The predicted octanol–water partition coefficient (Wildman–Crippen LogP) is 1.86. The van der Waals surface area contributed by atoms with E-state index >= 15 is 0 Å². The number of carbonyl (C=O) groups is 1. The number of carbonyl (C=O) groups excluding carboxylic acids is 1. The van der Waals surface area contributed by atoms with Crippen LogP contribution in [0, 0.1) is 0 Å². The Labute approximate surface area is 141 Å². The molecule has 1 unspecified atom stereocenters. The van der Waals surface area contributed by atoms with E-state index in [0.717, 1.165) is 5.56 Å². The van der Waals surface area contributed by atoms with E-state index in [2.05, 4.69) is 5.32 Å². The molecule has 0 radical (unpaired) electrons. The van der Waals surface area contributed by atoms with Gasteiger partial charge in [0.1, 0.15) is 6.04 Å². The van der Waals surface area contributed by atoms with Gasteiger partial charge in [0, 0.05) is 25.3 Å². The van der Waals surface area contributed by atoms with Crippen molar-refractivity contribution in [1.82, 2.24) is 5.32 Å². The number of nitrogens with one attached hydrogen (secondary N) is 1. The Morgan fingerprint density at radius 1 is 1.41 bits per heavy atom. The minimum absolute atomic E-state index is 0. The van der Waals surface area contributed by atoms with E-state index in [4.69, 9.17) is 26.8 Å². The highest BCUT2D eigenvalue weighted by atomic mass is 35.5. The Morgan fingerprint density at radius 2 is 2.00 bits per heavy atom. The zero-order chi connectivity index (χ0) is 15.3. The highest BCUT2D eigenvalue weighted by Crippen LogP contribution is 2.32. The van der Waals surface area contributed by atoms with Crippen LogP contribution in [0.5, 0.6) is 0 Å². The number of rotatable bonds is 5. The first-order chi connectivity index (χ1) is 10.1. The van der Waals surface area contributed by atoms with Crippen molar-refractivity contribution >= 4 is 29.9 Å². The molecule has 1 atom stereocenters. The second-order valence-electron chi connectivity index (χ2n) is 5.25. The lowest BCUT2D eigenvalue weighted by Gasteiger charge is -2.39. The largest absolute Gasteiger partial charge is 0.383 e. The molecule has 3 N–H and O–H groups in total. The first-order valence-electron chi connectivity index (χ1n) is 6.98. The molecule has 0 aliphatic carbocycles. The fourth-order valence-electron chi connectivity index (χ4n) is 2.56. The SMILES string of the molecule is COCC(N)C(=O)NC1(c2ccc(Cl)cc2)CCOCC1.Cl. The van der Waals surface area contributed by atoms with Crippen LogP contribution in [0.1, 0.15) is 18.4 Å². The van der Waals surface area contributed by atoms with E-state index in [1.54, 1.807) is 0 Å². The number of hydrogen-bond acceptors (Lipinski definition) is 4. The molecule has 0 spiro atoms. The first kappa shape index (κ1) is 19.2. The Kier molecular flexibility index (Phi) is 7.59. The molecule has 1 aliphatic heterocycles. The fourth-order valence-corrected chi connectivity index (χ4v) is 2.68. The van der Waals surface area contributed by atoms with Crippen LogP contribution in [0.4, 0.5) is 0 Å². The molecule has 1 heterocycles. The molecule has 0 aromatic heterocycles. The van der Waals surface area contributed by atoms with Gasteiger partial charge in [0.2, 0.25) is 5.91 Å². The van der Waals surface area contributed by atoms with Crippen LogP contribution in [0.2, 0.25) is 5.02 Å². The van der Waals surface area contributed by atoms with Crippen molar-refractivity contribution < 1.29 is 14.3 Å². The molecule has 0 bridgehead atoms. The summed E-state index contributed by atoms with van der Waals surface area (Å²) in [6, 6.07) is 6.86. The van der Waals surface area contributed by atoms with Gasteiger partial charge in [-0.25, -0.2) is 0 Å². The monoisotopic (exact) mass is 348 g/mol. The van der Waals surface area contributed by atoms with E-state index < -0.39 is 11.6 Å². The van der Waals surface area contributed by atoms with Crippen molar-refractivity contribution in [1.29, 1.82) is 0 Å². The lowest BCUT2D eigenvalue weighted by atomic mass is 9.82. The van der Waals surface area contributed by atoms with E-state index in [1.165, 1.54) is 7.11 Å². The van der Waals surface area contributed by atoms with Gasteiger partial charge in [-0.1, -0.05) is 23.7 Å². The summed E-state index contributed by atoms with van der Waals surface area (Å²) in [7, 11) is 1.52. The first-order valence-corrected chi connectivity index (χ1v) is 7.35. The van der Waals surface area contributed by atoms with Crippen molar-refractivity contribution in [2.45, 2.75) is 24.4 Å². The summed E-state index contributed by atoms with van der Waals surface area (Å²) < 4.78 is 10.4. The Balaban J connectivity index is 0.00000242. The summed E-state index contributed by atoms with van der Waals surface area (Å²) in [6.45, 7) is 1.39. The topological polar surface area (TPSA) is 73.6 Å². The van der Waals surface area contributed by atoms with Crippen molar-refractivity contribution in [3.63, 3.8) is 0 Å². The summed E-state index contributed by atoms with van der Waals surface area (Å²) in [5, 5.41) is 3.76. The van der Waals surface area contributed by atoms with Crippen molar-refractivity contribution in [3.05, 3.63) is 34.9 Å². The molecule has 5 nitrogen and oxygen atoms in total. The normalized spacial score (nSPS) is 18.1. The smallest absolute Gasteiger partial charge is 0.240 e. The zero-order valence-corrected chi connectivity index (χ0v) is 14.1. The van der Waals surface area contributed by atoms with Crippen LogP contribution in [0.25, 0.3) is 0 Å². The van der Waals surface area contributed by atoms with E-state index in [-0.39, 0.29) is 24.9 Å². The molecule has 1 fully saturated rings. The van der Waals surface area contributed by atoms with Crippen LogP contribution < -0.4 is 11.1 Å². The fraction of sp³-hybridized carbons (Fsp3) is 0.533. The van der Waals surface area contributed by atoms with Gasteiger partial charge in [0.25, 0.3) is 0 Å². The molecule has 0 saturated carbocycles. The molecule has 22 heavy (non-hydrogen) atoms. The minimum Gasteiger partial charge on any atom is -0.383 e. The summed E-state index contributed by atoms with van der Waals surface area (Å²) in [4.78, 5) is 12.3. The van der Waals surface area contributed by atoms with E-state index in [0.29, 0.717) is 31.1 Å². The molecule has 1 amide bonds. The van der Waals surface area contributed by atoms with Gasteiger partial charge in [0.05, 0.1) is 12.1 Å². The molecule has 124 valence electrons. The maximum Gasteiger partial charge on any atom is 0.240 e. The summed E-state index contributed by atoms with van der Waals surface area (Å²) in [5.41, 5.74) is 6.38. The van der Waals surface area contributed by atoms with Crippen LogP contribution in [0.3, 0.4) is 0 Å². The van der Waals surface area contributed by atoms with Crippen LogP contribution >= 0.6 is 24.0 Å². The Hall–Kier alpha value is -0.850. The van der Waals surface area contributed by atoms with Gasteiger partial charge in [-0.15, -0.1) is 12.4 Å². The zero-order valence-electron chi connectivity index (χ0n) is 12.5. The number of benzene rings is 1. The van der Waals surface area contributed by atoms with Crippen molar-refractivity contribution in [2.75, 3.05) is 26.9 Å². The average Bonchev–Trinajstić information content (AvgIpc) is 2.49. The lowest BCUT2D eigenvalue weighted by molar-refractivity contribution is -0.126. The summed E-state index contributed by atoms with van der Waals surface area (Å²) in [5.74, 6) is -0.214. The molecule has 7 heteroatoms. The molecule has 2 rings (SSSR count). The molecule has 1 aliphatic rings. The second kappa shape index (κ2) is 8.70. The standard InChI is InChI=1S/C15H21ClN2O3.ClH/c1-20-10-13(17)14(19)18-15(6-8-21-9-7-15)11-2-4-12(16)5-3-11;/h2-5,13H,6-10,17H2,1H3,(H,18,19);1H. The molecular formula is C15H22Cl2N2O3. The quantitative estimate of drug-likeness (QED) is 0.851. The lowest BCUT2D eigenvalue weighted by Crippen LogP contribution is -2.55. The van der Waals surface area contributed by atoms with Gasteiger partial charge in [-0.2, -0.15) is 0 Å². The highest BCUT2D eigenvalue weighted by molar-refractivity contribution is 6.30. The third-order valence-corrected chi connectivity index (χ3v) is 4.04. The number of ether oxygens (including phenoxy) is 2. The molecule has 1 aromatic carbocycles. The van der Waals surface area contributed by atoms with Crippen LogP contribution in [0.15, 0.2) is 24.3 Å². The molecule has 1 saturated heterocycles. The predicted molar refractivity (Wildman–Crippen MR) is 88.4 cm³/mol. The number of methoxy groups -OCH3 is 1. The Bertz CT molecular complexity index is 476. The number of nitrogens with two attached hydrogens (primary N) is 1. The van der Waals surface area contributed by atoms with E-state index in [1.807, 2.05) is 24.3 Å². The second-order valence-corrected chi connectivity index (χ2v) is 5.69. The average molecular weight is 349 g/mol. The van der Waals surface area contributed by atoms with Crippen molar-refractivity contribution in [2.24, 2.45) is 5.73 Å².